The van der Waals surface area contributed by atoms with Crippen molar-refractivity contribution in [3.8, 4) is 0 Å². The number of aromatic nitrogens is 2. The van der Waals surface area contributed by atoms with E-state index in [0.717, 1.165) is 47.4 Å². The van der Waals surface area contributed by atoms with Crippen LogP contribution < -0.4 is 10.6 Å². The van der Waals surface area contributed by atoms with Gasteiger partial charge in [0.1, 0.15) is 5.69 Å². The van der Waals surface area contributed by atoms with Crippen LogP contribution in [0.3, 0.4) is 0 Å². The van der Waals surface area contributed by atoms with E-state index < -0.39 is 0 Å². The van der Waals surface area contributed by atoms with Crippen molar-refractivity contribution in [1.29, 1.82) is 0 Å². The van der Waals surface area contributed by atoms with E-state index >= 15 is 0 Å². The van der Waals surface area contributed by atoms with Gasteiger partial charge < -0.3 is 25.6 Å². The predicted molar refractivity (Wildman–Crippen MR) is 132 cm³/mol. The molecule has 2 aliphatic rings. The Labute approximate surface area is 206 Å². The lowest BCUT2D eigenvalue weighted by Gasteiger charge is -2.36. The van der Waals surface area contributed by atoms with Crippen LogP contribution in [0, 0.1) is 5.92 Å². The maximum atomic E-state index is 13.1. The van der Waals surface area contributed by atoms with Crippen molar-refractivity contribution in [1.82, 2.24) is 25.5 Å². The zero-order valence-electron chi connectivity index (χ0n) is 18.9. The number of rotatable bonds is 5. The third-order valence-electron chi connectivity index (χ3n) is 6.79. The van der Waals surface area contributed by atoms with Crippen LogP contribution in [0.4, 0.5) is 0 Å². The van der Waals surface area contributed by atoms with Crippen molar-refractivity contribution < 1.29 is 14.7 Å². The van der Waals surface area contributed by atoms with Gasteiger partial charge >= 0.3 is 0 Å². The molecule has 180 valence electrons. The van der Waals surface area contributed by atoms with Gasteiger partial charge in [-0.1, -0.05) is 11.6 Å². The molecule has 0 radical (unpaired) electrons. The molecular formula is C24H28ClN5O3S. The molecule has 0 saturated heterocycles. The fourth-order valence-corrected chi connectivity index (χ4v) is 6.15. The molecule has 3 heterocycles. The van der Waals surface area contributed by atoms with Crippen LogP contribution in [0.5, 0.6) is 0 Å². The highest BCUT2D eigenvalue weighted by molar-refractivity contribution is 7.13. The molecule has 1 aliphatic heterocycles. The van der Waals surface area contributed by atoms with E-state index in [4.69, 9.17) is 11.6 Å². The molecule has 34 heavy (non-hydrogen) atoms. The Morgan fingerprint density at radius 2 is 2.06 bits per heavy atom. The Kier molecular flexibility index (Phi) is 6.61. The molecule has 1 aromatic carbocycles. The minimum atomic E-state index is -0.287. The summed E-state index contributed by atoms with van der Waals surface area (Å²) in [6.45, 7) is 1.81. The van der Waals surface area contributed by atoms with Crippen LogP contribution in [0.25, 0.3) is 10.9 Å². The SMILES string of the molecule is CN1CCc2nc(C(=O)N[C@@H]3CC(CO)CC[C@@H]3NC(=O)c3cc4cc(Cl)ccc4[nH]3)sc2C1. The second-order valence-electron chi connectivity index (χ2n) is 9.31. The molecule has 2 amide bonds. The summed E-state index contributed by atoms with van der Waals surface area (Å²) in [6, 6.07) is 6.68. The number of likely N-dealkylation sites (N-methyl/N-ethyl adjacent to an activating group) is 1. The van der Waals surface area contributed by atoms with E-state index in [2.05, 4.69) is 32.5 Å². The molecule has 3 atom stereocenters. The number of carbonyl (C=O) groups is 2. The van der Waals surface area contributed by atoms with Gasteiger partial charge in [-0.05, 0) is 56.5 Å². The zero-order chi connectivity index (χ0) is 23.8. The molecule has 1 unspecified atom stereocenters. The molecule has 0 spiro atoms. The molecule has 3 aromatic rings. The van der Waals surface area contributed by atoms with Gasteiger partial charge in [0.2, 0.25) is 0 Å². The number of nitrogens with one attached hydrogen (secondary N) is 3. The third-order valence-corrected chi connectivity index (χ3v) is 8.11. The number of aliphatic hydroxyl groups excluding tert-OH is 1. The highest BCUT2D eigenvalue weighted by Gasteiger charge is 2.34. The van der Waals surface area contributed by atoms with Crippen LogP contribution in [0.2, 0.25) is 5.02 Å². The lowest BCUT2D eigenvalue weighted by Crippen LogP contribution is -2.55. The second-order valence-corrected chi connectivity index (χ2v) is 10.8. The molecule has 0 bridgehead atoms. The Morgan fingerprint density at radius 1 is 1.24 bits per heavy atom. The number of thiazole rings is 1. The van der Waals surface area contributed by atoms with E-state index in [1.165, 1.54) is 11.3 Å². The fourth-order valence-electron chi connectivity index (χ4n) is 4.88. The topological polar surface area (TPSA) is 110 Å². The number of hydrogen-bond acceptors (Lipinski definition) is 6. The molecule has 1 fully saturated rings. The Morgan fingerprint density at radius 3 is 2.88 bits per heavy atom. The number of aromatic amines is 1. The minimum absolute atomic E-state index is 0.0632. The normalized spacial score (nSPS) is 23.0. The fraction of sp³-hybridized carbons (Fsp3) is 0.458. The number of amides is 2. The average molecular weight is 502 g/mol. The molecule has 4 N–H and O–H groups in total. The lowest BCUT2D eigenvalue weighted by atomic mass is 9.82. The molecule has 1 saturated carbocycles. The number of benzene rings is 1. The maximum absolute atomic E-state index is 13.1. The van der Waals surface area contributed by atoms with Crippen molar-refractivity contribution in [3.05, 3.63) is 50.6 Å². The van der Waals surface area contributed by atoms with E-state index in [1.54, 1.807) is 12.1 Å². The van der Waals surface area contributed by atoms with Gasteiger partial charge in [-0.15, -0.1) is 11.3 Å². The largest absolute Gasteiger partial charge is 0.396 e. The number of nitrogens with zero attached hydrogens (tertiary/aromatic N) is 2. The number of fused-ring (bicyclic) bond motifs is 2. The molecule has 10 heteroatoms. The molecule has 8 nitrogen and oxygen atoms in total. The van der Waals surface area contributed by atoms with Gasteiger partial charge in [0.15, 0.2) is 5.01 Å². The summed E-state index contributed by atoms with van der Waals surface area (Å²) in [5.74, 6) is -0.358. The van der Waals surface area contributed by atoms with Crippen LogP contribution >= 0.6 is 22.9 Å². The predicted octanol–water partition coefficient (Wildman–Crippen LogP) is 2.96. The summed E-state index contributed by atoms with van der Waals surface area (Å²) < 4.78 is 0. The van der Waals surface area contributed by atoms with Crippen molar-refractivity contribution in [2.24, 2.45) is 5.92 Å². The summed E-state index contributed by atoms with van der Waals surface area (Å²) in [5.41, 5.74) is 2.29. The summed E-state index contributed by atoms with van der Waals surface area (Å²) in [5, 5.41) is 17.8. The van der Waals surface area contributed by atoms with Gasteiger partial charge in [-0.3, -0.25) is 9.59 Å². The van der Waals surface area contributed by atoms with E-state index in [9.17, 15) is 14.7 Å². The minimum Gasteiger partial charge on any atom is -0.396 e. The summed E-state index contributed by atoms with van der Waals surface area (Å²) in [6.07, 6.45) is 2.91. The first-order valence-electron chi connectivity index (χ1n) is 11.6. The lowest BCUT2D eigenvalue weighted by molar-refractivity contribution is 0.0815. The van der Waals surface area contributed by atoms with E-state index in [0.29, 0.717) is 28.6 Å². The van der Waals surface area contributed by atoms with Gasteiger partial charge in [0.05, 0.1) is 5.69 Å². The first-order valence-corrected chi connectivity index (χ1v) is 12.8. The van der Waals surface area contributed by atoms with Crippen LogP contribution in [-0.2, 0) is 13.0 Å². The van der Waals surface area contributed by atoms with E-state index in [-0.39, 0.29) is 36.4 Å². The van der Waals surface area contributed by atoms with Gasteiger partial charge in [-0.2, -0.15) is 0 Å². The monoisotopic (exact) mass is 501 g/mol. The van der Waals surface area contributed by atoms with Gasteiger partial charge in [0.25, 0.3) is 11.8 Å². The highest BCUT2D eigenvalue weighted by Crippen LogP contribution is 2.28. The first-order chi connectivity index (χ1) is 16.4. The van der Waals surface area contributed by atoms with E-state index in [1.807, 2.05) is 12.1 Å². The molecule has 1 aliphatic carbocycles. The maximum Gasteiger partial charge on any atom is 0.280 e. The Balaban J connectivity index is 1.30. The number of H-pyrrole nitrogens is 1. The van der Waals surface area contributed by atoms with Crippen LogP contribution in [-0.4, -0.2) is 64.1 Å². The van der Waals surface area contributed by atoms with Gasteiger partial charge in [-0.25, -0.2) is 4.98 Å². The Hall–Kier alpha value is -2.46. The zero-order valence-corrected chi connectivity index (χ0v) is 20.5. The number of carbonyl (C=O) groups excluding carboxylic acids is 2. The third kappa shape index (κ3) is 4.84. The second kappa shape index (κ2) is 9.65. The molecule has 5 rings (SSSR count). The Bertz CT molecular complexity index is 1220. The van der Waals surface area contributed by atoms with Crippen molar-refractivity contribution in [2.45, 2.75) is 44.3 Å². The molecule has 2 aromatic heterocycles. The average Bonchev–Trinajstić information content (AvgIpc) is 3.43. The van der Waals surface area contributed by atoms with Crippen molar-refractivity contribution in [3.63, 3.8) is 0 Å². The smallest absolute Gasteiger partial charge is 0.280 e. The summed E-state index contributed by atoms with van der Waals surface area (Å²) >= 11 is 7.51. The molecular weight excluding hydrogens is 474 g/mol. The highest BCUT2D eigenvalue weighted by atomic mass is 35.5. The van der Waals surface area contributed by atoms with Crippen LogP contribution in [0.1, 0.15) is 50.1 Å². The summed E-state index contributed by atoms with van der Waals surface area (Å²) in [7, 11) is 2.06. The van der Waals surface area contributed by atoms with Crippen LogP contribution in [0.15, 0.2) is 24.3 Å². The van der Waals surface area contributed by atoms with Crippen molar-refractivity contribution >= 4 is 45.7 Å². The quantitative estimate of drug-likeness (QED) is 0.429. The summed E-state index contributed by atoms with van der Waals surface area (Å²) in [4.78, 5) is 37.2. The number of aliphatic hydroxyl groups is 1. The number of halogens is 1. The standard InChI is InChI=1S/C24H28ClN5O3S/c1-30-7-6-18-21(11-30)34-24(29-18)23(33)28-19-8-13(12-31)2-4-17(19)27-22(32)20-10-14-9-15(25)3-5-16(14)26-20/h3,5,9-10,13,17,19,26,31H,2,4,6-8,11-12H2,1H3,(H,27,32)(H,28,33)/t13?,17-,19+/m0/s1. The first kappa shape index (κ1) is 23.3. The van der Waals surface area contributed by atoms with Gasteiger partial charge in [0, 0.05) is 59.0 Å². The van der Waals surface area contributed by atoms with Crippen molar-refractivity contribution in [2.75, 3.05) is 20.2 Å². The number of hydrogen-bond donors (Lipinski definition) is 4.